The summed E-state index contributed by atoms with van der Waals surface area (Å²) >= 11 is 2.96. The fourth-order valence-corrected chi connectivity index (χ4v) is 3.29. The van der Waals surface area contributed by atoms with E-state index in [1.165, 1.54) is 16.2 Å². The van der Waals surface area contributed by atoms with Gasteiger partial charge in [-0.25, -0.2) is 9.78 Å². The third-order valence-corrected chi connectivity index (χ3v) is 4.31. The number of carboxylic acids is 1. The van der Waals surface area contributed by atoms with E-state index >= 15 is 0 Å². The molecule has 2 rings (SSSR count). The minimum absolute atomic E-state index is 0.276. The van der Waals surface area contributed by atoms with Gasteiger partial charge < -0.3 is 10.0 Å². The highest BCUT2D eigenvalue weighted by Crippen LogP contribution is 2.20. The molecule has 0 radical (unpaired) electrons. The van der Waals surface area contributed by atoms with Crippen molar-refractivity contribution in [2.75, 3.05) is 18.1 Å². The van der Waals surface area contributed by atoms with Gasteiger partial charge in [-0.3, -0.25) is 4.79 Å². The normalized spacial score (nSPS) is 20.3. The van der Waals surface area contributed by atoms with Gasteiger partial charge >= 0.3 is 5.97 Å². The Balaban J connectivity index is 2.19. The zero-order valence-electron chi connectivity index (χ0n) is 9.25. The summed E-state index contributed by atoms with van der Waals surface area (Å²) in [6, 6.07) is -0.733. The number of amides is 1. The molecule has 0 saturated carbocycles. The predicted octanol–water partition coefficient (Wildman–Crippen LogP) is 1.09. The second kappa shape index (κ2) is 5.05. The van der Waals surface area contributed by atoms with Crippen LogP contribution >= 0.6 is 23.1 Å². The minimum atomic E-state index is -0.947. The van der Waals surface area contributed by atoms with Crippen LogP contribution in [0.15, 0.2) is 5.38 Å². The zero-order chi connectivity index (χ0) is 12.4. The summed E-state index contributed by atoms with van der Waals surface area (Å²) in [4.78, 5) is 28.7. The molecule has 1 saturated heterocycles. The van der Waals surface area contributed by atoms with Gasteiger partial charge in [-0.2, -0.15) is 11.8 Å². The molecule has 1 N–H and O–H groups in total. The van der Waals surface area contributed by atoms with Gasteiger partial charge in [0.25, 0.3) is 5.91 Å². The maximum atomic E-state index is 12.1. The van der Waals surface area contributed by atoms with Crippen molar-refractivity contribution in [2.24, 2.45) is 0 Å². The van der Waals surface area contributed by atoms with Crippen molar-refractivity contribution in [3.05, 3.63) is 16.1 Å². The summed E-state index contributed by atoms with van der Waals surface area (Å²) in [5, 5.41) is 11.6. The quantitative estimate of drug-likeness (QED) is 0.872. The van der Waals surface area contributed by atoms with Crippen molar-refractivity contribution in [2.45, 2.75) is 13.0 Å². The van der Waals surface area contributed by atoms with Gasteiger partial charge in [-0.05, 0) is 6.92 Å². The molecule has 0 aliphatic carbocycles. The van der Waals surface area contributed by atoms with Crippen LogP contribution in [0.3, 0.4) is 0 Å². The van der Waals surface area contributed by atoms with E-state index in [2.05, 4.69) is 4.98 Å². The number of aryl methyl sites for hydroxylation is 1. The number of thiazole rings is 1. The van der Waals surface area contributed by atoms with E-state index in [-0.39, 0.29) is 5.91 Å². The van der Waals surface area contributed by atoms with Crippen molar-refractivity contribution >= 4 is 35.0 Å². The lowest BCUT2D eigenvalue weighted by Gasteiger charge is -2.32. The standard InChI is InChI=1S/C10H12N2O3S2/c1-6-11-7(4-17-6)9(13)12-2-3-16-5-8(12)10(14)15/h4,8H,2-3,5H2,1H3,(H,14,15). The molecule has 1 fully saturated rings. The first-order chi connectivity index (χ1) is 8.09. The topological polar surface area (TPSA) is 70.5 Å². The van der Waals surface area contributed by atoms with Gasteiger partial charge in [0.2, 0.25) is 0 Å². The molecule has 1 aliphatic rings. The number of rotatable bonds is 2. The molecule has 1 aromatic heterocycles. The van der Waals surface area contributed by atoms with Gasteiger partial charge in [0, 0.05) is 23.4 Å². The van der Waals surface area contributed by atoms with Gasteiger partial charge in [0.05, 0.1) is 5.01 Å². The molecule has 0 aromatic carbocycles. The molecule has 2 heterocycles. The van der Waals surface area contributed by atoms with Gasteiger partial charge in [-0.15, -0.1) is 11.3 Å². The highest BCUT2D eigenvalue weighted by Gasteiger charge is 2.33. The van der Waals surface area contributed by atoms with Crippen LogP contribution in [0.4, 0.5) is 0 Å². The van der Waals surface area contributed by atoms with Crippen molar-refractivity contribution in [3.63, 3.8) is 0 Å². The van der Waals surface area contributed by atoms with E-state index in [9.17, 15) is 9.59 Å². The maximum absolute atomic E-state index is 12.1. The average Bonchev–Trinajstić information content (AvgIpc) is 2.75. The van der Waals surface area contributed by atoms with Crippen molar-refractivity contribution in [1.29, 1.82) is 0 Å². The minimum Gasteiger partial charge on any atom is -0.480 e. The summed E-state index contributed by atoms with van der Waals surface area (Å²) in [6.07, 6.45) is 0. The Morgan fingerprint density at radius 3 is 2.94 bits per heavy atom. The van der Waals surface area contributed by atoms with Crippen LogP contribution in [-0.2, 0) is 4.79 Å². The Bertz CT molecular complexity index is 447. The lowest BCUT2D eigenvalue weighted by Crippen LogP contribution is -2.50. The van der Waals surface area contributed by atoms with E-state index in [1.54, 1.807) is 17.1 Å². The van der Waals surface area contributed by atoms with Crippen LogP contribution in [-0.4, -0.2) is 51.0 Å². The Morgan fingerprint density at radius 2 is 2.35 bits per heavy atom. The SMILES string of the molecule is Cc1nc(C(=O)N2CCSCC2C(=O)O)cs1. The van der Waals surface area contributed by atoms with Crippen LogP contribution in [0.2, 0.25) is 0 Å². The number of carbonyl (C=O) groups is 2. The maximum Gasteiger partial charge on any atom is 0.327 e. The summed E-state index contributed by atoms with van der Waals surface area (Å²) in [7, 11) is 0. The molecule has 5 nitrogen and oxygen atoms in total. The monoisotopic (exact) mass is 272 g/mol. The fourth-order valence-electron chi connectivity index (χ4n) is 1.66. The molecular weight excluding hydrogens is 260 g/mol. The summed E-state index contributed by atoms with van der Waals surface area (Å²) in [5.74, 6) is 0.00239. The molecule has 92 valence electrons. The third-order valence-electron chi connectivity index (χ3n) is 2.51. The van der Waals surface area contributed by atoms with Crippen molar-refractivity contribution in [1.82, 2.24) is 9.88 Å². The van der Waals surface area contributed by atoms with Crippen molar-refractivity contribution < 1.29 is 14.7 Å². The summed E-state index contributed by atoms with van der Waals surface area (Å²) in [6.45, 7) is 2.29. The van der Waals surface area contributed by atoms with Crippen LogP contribution in [0.1, 0.15) is 15.5 Å². The average molecular weight is 272 g/mol. The van der Waals surface area contributed by atoms with Crippen LogP contribution < -0.4 is 0 Å². The molecular formula is C10H12N2O3S2. The number of aliphatic carboxylic acids is 1. The van der Waals surface area contributed by atoms with Gasteiger partial charge in [-0.1, -0.05) is 0 Å². The Morgan fingerprint density at radius 1 is 1.59 bits per heavy atom. The van der Waals surface area contributed by atoms with Gasteiger partial charge in [0.15, 0.2) is 0 Å². The van der Waals surface area contributed by atoms with Crippen LogP contribution in [0, 0.1) is 6.92 Å². The van der Waals surface area contributed by atoms with Crippen LogP contribution in [0.5, 0.6) is 0 Å². The molecule has 1 aliphatic heterocycles. The number of nitrogens with zero attached hydrogens (tertiary/aromatic N) is 2. The van der Waals surface area contributed by atoms with Gasteiger partial charge in [0.1, 0.15) is 11.7 Å². The number of aromatic nitrogens is 1. The molecule has 1 unspecified atom stereocenters. The second-order valence-electron chi connectivity index (χ2n) is 3.68. The Hall–Kier alpha value is -1.08. The number of hydrogen-bond donors (Lipinski definition) is 1. The largest absolute Gasteiger partial charge is 0.480 e. The predicted molar refractivity (Wildman–Crippen MR) is 66.6 cm³/mol. The fraction of sp³-hybridized carbons (Fsp3) is 0.500. The first kappa shape index (κ1) is 12.4. The lowest BCUT2D eigenvalue weighted by molar-refractivity contribution is -0.141. The molecule has 0 bridgehead atoms. The van der Waals surface area contributed by atoms with E-state index < -0.39 is 12.0 Å². The van der Waals surface area contributed by atoms with E-state index in [4.69, 9.17) is 5.11 Å². The summed E-state index contributed by atoms with van der Waals surface area (Å²) < 4.78 is 0. The number of carbonyl (C=O) groups excluding carboxylic acids is 1. The molecule has 17 heavy (non-hydrogen) atoms. The van der Waals surface area contributed by atoms with Crippen LogP contribution in [0.25, 0.3) is 0 Å². The molecule has 1 atom stereocenters. The molecule has 7 heteroatoms. The first-order valence-corrected chi connectivity index (χ1v) is 7.16. The highest BCUT2D eigenvalue weighted by molar-refractivity contribution is 7.99. The lowest BCUT2D eigenvalue weighted by atomic mass is 10.2. The van der Waals surface area contributed by atoms with E-state index in [0.29, 0.717) is 18.0 Å². The van der Waals surface area contributed by atoms with E-state index in [0.717, 1.165) is 10.8 Å². The van der Waals surface area contributed by atoms with E-state index in [1.807, 2.05) is 6.92 Å². The Kier molecular flexibility index (Phi) is 3.68. The number of thioether (sulfide) groups is 1. The highest BCUT2D eigenvalue weighted by atomic mass is 32.2. The molecule has 0 spiro atoms. The number of carboxylic acid groups (broad SMARTS) is 1. The zero-order valence-corrected chi connectivity index (χ0v) is 10.9. The molecule has 1 aromatic rings. The molecule has 1 amide bonds. The Labute approximate surface area is 107 Å². The number of hydrogen-bond acceptors (Lipinski definition) is 5. The first-order valence-electron chi connectivity index (χ1n) is 5.13. The van der Waals surface area contributed by atoms with Crippen molar-refractivity contribution in [3.8, 4) is 0 Å². The second-order valence-corrected chi connectivity index (χ2v) is 5.89. The smallest absolute Gasteiger partial charge is 0.327 e. The third kappa shape index (κ3) is 2.61. The summed E-state index contributed by atoms with van der Waals surface area (Å²) in [5.41, 5.74) is 0.352.